The molecule has 1 unspecified atom stereocenters. The Balaban J connectivity index is 1.74. The summed E-state index contributed by atoms with van der Waals surface area (Å²) in [5, 5.41) is 0. The van der Waals surface area contributed by atoms with E-state index >= 15 is 0 Å². The third kappa shape index (κ3) is 3.13. The van der Waals surface area contributed by atoms with E-state index in [1.54, 1.807) is 0 Å². The van der Waals surface area contributed by atoms with Crippen LogP contribution in [0.4, 0.5) is 0 Å². The lowest BCUT2D eigenvalue weighted by Gasteiger charge is -2.53. The molecule has 128 valence electrons. The highest BCUT2D eigenvalue weighted by Crippen LogP contribution is 2.59. The first-order chi connectivity index (χ1) is 10.5. The molecule has 0 aliphatic heterocycles. The van der Waals surface area contributed by atoms with Gasteiger partial charge in [-0.2, -0.15) is 0 Å². The van der Waals surface area contributed by atoms with Gasteiger partial charge in [0.1, 0.15) is 0 Å². The monoisotopic (exact) mass is 304 g/mol. The molecule has 0 radical (unpaired) electrons. The van der Waals surface area contributed by atoms with Gasteiger partial charge in [-0.3, -0.25) is 0 Å². The second kappa shape index (κ2) is 6.86. The molecule has 0 spiro atoms. The first kappa shape index (κ1) is 16.8. The van der Waals surface area contributed by atoms with Gasteiger partial charge >= 0.3 is 0 Å². The molecule has 0 N–H and O–H groups in total. The van der Waals surface area contributed by atoms with Crippen molar-refractivity contribution < 1.29 is 0 Å². The third-order valence-corrected chi connectivity index (χ3v) is 8.65. The summed E-state index contributed by atoms with van der Waals surface area (Å²) in [4.78, 5) is 0. The van der Waals surface area contributed by atoms with Crippen molar-refractivity contribution in [2.24, 2.45) is 28.6 Å². The highest BCUT2D eigenvalue weighted by atomic mass is 14.6. The van der Waals surface area contributed by atoms with Crippen molar-refractivity contribution in [3.63, 3.8) is 0 Å². The van der Waals surface area contributed by atoms with Crippen molar-refractivity contribution in [2.45, 2.75) is 111 Å². The zero-order valence-electron chi connectivity index (χ0n) is 15.6. The first-order valence-corrected chi connectivity index (χ1v) is 10.5. The molecule has 3 fully saturated rings. The van der Waals surface area contributed by atoms with Crippen LogP contribution in [0.25, 0.3) is 0 Å². The van der Waals surface area contributed by atoms with Gasteiger partial charge in [0.25, 0.3) is 0 Å². The van der Waals surface area contributed by atoms with Crippen LogP contribution in [0.1, 0.15) is 111 Å². The van der Waals surface area contributed by atoms with E-state index < -0.39 is 0 Å². The highest BCUT2D eigenvalue weighted by Gasteiger charge is 2.50. The van der Waals surface area contributed by atoms with E-state index in [0.29, 0.717) is 10.8 Å². The fourth-order valence-corrected chi connectivity index (χ4v) is 6.53. The predicted molar refractivity (Wildman–Crippen MR) is 97.0 cm³/mol. The number of rotatable bonds is 6. The normalized spacial score (nSPS) is 28.5. The van der Waals surface area contributed by atoms with Gasteiger partial charge in [0, 0.05) is 0 Å². The van der Waals surface area contributed by atoms with Gasteiger partial charge in [-0.05, 0) is 67.1 Å². The van der Waals surface area contributed by atoms with Crippen molar-refractivity contribution >= 4 is 0 Å². The van der Waals surface area contributed by atoms with Crippen LogP contribution in [0.3, 0.4) is 0 Å². The van der Waals surface area contributed by atoms with Crippen molar-refractivity contribution in [1.29, 1.82) is 0 Å². The van der Waals surface area contributed by atoms with Crippen LogP contribution in [0, 0.1) is 28.6 Å². The lowest BCUT2D eigenvalue weighted by molar-refractivity contribution is -0.0361. The van der Waals surface area contributed by atoms with E-state index in [-0.39, 0.29) is 0 Å². The molecule has 0 nitrogen and oxygen atoms in total. The average Bonchev–Trinajstić information content (AvgIpc) is 3.28. The topological polar surface area (TPSA) is 0 Å². The fourth-order valence-electron chi connectivity index (χ4n) is 6.53. The van der Waals surface area contributed by atoms with Gasteiger partial charge in [-0.15, -0.1) is 0 Å². The standard InChI is InChI=1S/C22H40/c1-21(2,19-12-6-7-13-19)22(3,20-14-8-9-15-20)17-16-18-10-4-5-11-18/h18-20H,4-17H2,1-3H3. The summed E-state index contributed by atoms with van der Waals surface area (Å²) in [6.45, 7) is 8.04. The van der Waals surface area contributed by atoms with Crippen LogP contribution in [0.15, 0.2) is 0 Å². The van der Waals surface area contributed by atoms with Gasteiger partial charge in [0.15, 0.2) is 0 Å². The molecule has 0 aromatic carbocycles. The Labute approximate surface area is 139 Å². The van der Waals surface area contributed by atoms with E-state index in [2.05, 4.69) is 20.8 Å². The Hall–Kier alpha value is 0. The van der Waals surface area contributed by atoms with Gasteiger partial charge in [0.05, 0.1) is 0 Å². The molecule has 3 aliphatic rings. The lowest BCUT2D eigenvalue weighted by atomic mass is 9.52. The maximum atomic E-state index is 2.72. The SMILES string of the molecule is CC(C)(C1CCCC1)C(C)(CCC1CCCC1)C1CCCC1. The minimum atomic E-state index is 0.553. The minimum Gasteiger partial charge on any atom is -0.0591 e. The first-order valence-electron chi connectivity index (χ1n) is 10.5. The Morgan fingerprint density at radius 2 is 1.09 bits per heavy atom. The summed E-state index contributed by atoms with van der Waals surface area (Å²) < 4.78 is 0. The number of hydrogen-bond donors (Lipinski definition) is 0. The molecule has 0 amide bonds. The van der Waals surface area contributed by atoms with Crippen molar-refractivity contribution in [1.82, 2.24) is 0 Å². The largest absolute Gasteiger partial charge is 0.0591 e. The summed E-state index contributed by atoms with van der Waals surface area (Å²) in [6.07, 6.45) is 21.2. The zero-order valence-corrected chi connectivity index (χ0v) is 15.6. The highest BCUT2D eigenvalue weighted by molar-refractivity contribution is 5.00. The van der Waals surface area contributed by atoms with Gasteiger partial charge < -0.3 is 0 Å². The minimum absolute atomic E-state index is 0.553. The average molecular weight is 305 g/mol. The van der Waals surface area contributed by atoms with Gasteiger partial charge in [-0.25, -0.2) is 0 Å². The quantitative estimate of drug-likeness (QED) is 0.480. The van der Waals surface area contributed by atoms with Crippen LogP contribution in [-0.4, -0.2) is 0 Å². The van der Waals surface area contributed by atoms with E-state index in [0.717, 1.165) is 17.8 Å². The molecule has 1 atom stereocenters. The molecule has 3 aliphatic carbocycles. The van der Waals surface area contributed by atoms with Crippen LogP contribution in [0.2, 0.25) is 0 Å². The van der Waals surface area contributed by atoms with Gasteiger partial charge in [0.2, 0.25) is 0 Å². The summed E-state index contributed by atoms with van der Waals surface area (Å²) >= 11 is 0. The van der Waals surface area contributed by atoms with E-state index in [1.165, 1.54) is 89.9 Å². The molecule has 0 bridgehead atoms. The molecule has 0 heteroatoms. The smallest absolute Gasteiger partial charge is 0.0244 e. The van der Waals surface area contributed by atoms with Crippen molar-refractivity contribution in [3.8, 4) is 0 Å². The van der Waals surface area contributed by atoms with Crippen LogP contribution in [-0.2, 0) is 0 Å². The van der Waals surface area contributed by atoms with Crippen molar-refractivity contribution in [3.05, 3.63) is 0 Å². The summed E-state index contributed by atoms with van der Waals surface area (Å²) in [7, 11) is 0. The lowest BCUT2D eigenvalue weighted by Crippen LogP contribution is -2.45. The van der Waals surface area contributed by atoms with Crippen LogP contribution >= 0.6 is 0 Å². The zero-order chi connectivity index (χ0) is 15.6. The van der Waals surface area contributed by atoms with E-state index in [1.807, 2.05) is 0 Å². The predicted octanol–water partition coefficient (Wildman–Crippen LogP) is 7.37. The maximum absolute atomic E-state index is 2.72. The summed E-state index contributed by atoms with van der Waals surface area (Å²) in [5.41, 5.74) is 1.15. The second-order valence-electron chi connectivity index (χ2n) is 9.79. The Morgan fingerprint density at radius 3 is 1.64 bits per heavy atom. The fraction of sp³-hybridized carbons (Fsp3) is 1.00. The molecular weight excluding hydrogens is 264 g/mol. The molecule has 0 saturated heterocycles. The molecule has 0 aromatic rings. The molecule has 3 rings (SSSR count). The summed E-state index contributed by atoms with van der Waals surface area (Å²) in [6, 6.07) is 0. The second-order valence-corrected chi connectivity index (χ2v) is 9.79. The Morgan fingerprint density at radius 1 is 0.636 bits per heavy atom. The third-order valence-electron chi connectivity index (χ3n) is 8.65. The Bertz CT molecular complexity index is 337. The number of hydrogen-bond acceptors (Lipinski definition) is 0. The molecule has 0 heterocycles. The molecule has 22 heavy (non-hydrogen) atoms. The van der Waals surface area contributed by atoms with Crippen LogP contribution in [0.5, 0.6) is 0 Å². The summed E-state index contributed by atoms with van der Waals surface area (Å²) in [5.74, 6) is 3.09. The maximum Gasteiger partial charge on any atom is -0.0244 e. The molecule has 3 saturated carbocycles. The van der Waals surface area contributed by atoms with Crippen LogP contribution < -0.4 is 0 Å². The van der Waals surface area contributed by atoms with Crippen molar-refractivity contribution in [2.75, 3.05) is 0 Å². The van der Waals surface area contributed by atoms with E-state index in [9.17, 15) is 0 Å². The Kier molecular flexibility index (Phi) is 5.25. The molecule has 0 aromatic heterocycles. The molecular formula is C22H40. The van der Waals surface area contributed by atoms with Gasteiger partial charge in [-0.1, -0.05) is 72.1 Å². The van der Waals surface area contributed by atoms with E-state index in [4.69, 9.17) is 0 Å².